The number of rotatable bonds is 6. The number of nitrogens with one attached hydrogen (secondary N) is 2. The summed E-state index contributed by atoms with van der Waals surface area (Å²) in [4.78, 5) is 4.84. The Kier molecular flexibility index (Phi) is 5.30. The maximum absolute atomic E-state index is 4.84. The first-order valence-electron chi connectivity index (χ1n) is 8.51. The van der Waals surface area contributed by atoms with E-state index in [0.717, 1.165) is 19.0 Å². The zero-order valence-corrected chi connectivity index (χ0v) is 13.7. The molecule has 0 bridgehead atoms. The van der Waals surface area contributed by atoms with E-state index in [0.29, 0.717) is 6.04 Å². The monoisotopic (exact) mass is 307 g/mol. The minimum atomic E-state index is 0.284. The molecule has 2 aromatic carbocycles. The molecule has 0 atom stereocenters. The van der Waals surface area contributed by atoms with Crippen LogP contribution in [-0.2, 0) is 0 Å². The van der Waals surface area contributed by atoms with Gasteiger partial charge in [0.05, 0.1) is 6.54 Å². The lowest BCUT2D eigenvalue weighted by Crippen LogP contribution is -2.38. The molecule has 23 heavy (non-hydrogen) atoms. The summed E-state index contributed by atoms with van der Waals surface area (Å²) in [5.41, 5.74) is 2.62. The van der Waals surface area contributed by atoms with Gasteiger partial charge in [0.1, 0.15) is 0 Å². The molecule has 0 spiro atoms. The third kappa shape index (κ3) is 4.59. The van der Waals surface area contributed by atoms with Gasteiger partial charge in [-0.2, -0.15) is 0 Å². The fourth-order valence-corrected chi connectivity index (χ4v) is 2.70. The largest absolute Gasteiger partial charge is 0.357 e. The topological polar surface area (TPSA) is 36.4 Å². The summed E-state index contributed by atoms with van der Waals surface area (Å²) < 4.78 is 0. The van der Waals surface area contributed by atoms with E-state index in [9.17, 15) is 0 Å². The number of hydrogen-bond acceptors (Lipinski definition) is 1. The van der Waals surface area contributed by atoms with Gasteiger partial charge in [0.2, 0.25) is 0 Å². The van der Waals surface area contributed by atoms with Crippen LogP contribution in [-0.4, -0.2) is 25.1 Å². The van der Waals surface area contributed by atoms with Gasteiger partial charge in [0.25, 0.3) is 0 Å². The molecule has 0 saturated heterocycles. The van der Waals surface area contributed by atoms with Gasteiger partial charge in [-0.25, -0.2) is 0 Å². The molecule has 3 nitrogen and oxygen atoms in total. The van der Waals surface area contributed by atoms with Crippen molar-refractivity contribution >= 4 is 5.96 Å². The van der Waals surface area contributed by atoms with Crippen LogP contribution in [0.25, 0.3) is 0 Å². The fourth-order valence-electron chi connectivity index (χ4n) is 2.70. The highest BCUT2D eigenvalue weighted by atomic mass is 15.2. The molecule has 1 fully saturated rings. The second-order valence-corrected chi connectivity index (χ2v) is 6.01. The quantitative estimate of drug-likeness (QED) is 0.632. The summed E-state index contributed by atoms with van der Waals surface area (Å²) in [6, 6.07) is 21.9. The number of guanidine groups is 1. The Morgan fingerprint density at radius 3 is 2.04 bits per heavy atom. The van der Waals surface area contributed by atoms with Gasteiger partial charge >= 0.3 is 0 Å². The third-order valence-electron chi connectivity index (χ3n) is 4.10. The Morgan fingerprint density at radius 1 is 1.00 bits per heavy atom. The van der Waals surface area contributed by atoms with Gasteiger partial charge < -0.3 is 10.6 Å². The minimum absolute atomic E-state index is 0.284. The second kappa shape index (κ2) is 7.82. The van der Waals surface area contributed by atoms with E-state index in [2.05, 4.69) is 78.2 Å². The molecular formula is C20H25N3. The van der Waals surface area contributed by atoms with Crippen LogP contribution in [0, 0.1) is 0 Å². The highest BCUT2D eigenvalue weighted by Gasteiger charge is 2.22. The lowest BCUT2D eigenvalue weighted by molar-refractivity contribution is 0.774. The van der Waals surface area contributed by atoms with Crippen molar-refractivity contribution in [2.24, 2.45) is 4.99 Å². The van der Waals surface area contributed by atoms with Crippen LogP contribution >= 0.6 is 0 Å². The van der Waals surface area contributed by atoms with Crippen molar-refractivity contribution in [3.8, 4) is 0 Å². The van der Waals surface area contributed by atoms with Gasteiger partial charge in [0.15, 0.2) is 5.96 Å². The van der Waals surface area contributed by atoms with Crippen LogP contribution in [0.5, 0.6) is 0 Å². The zero-order valence-electron chi connectivity index (χ0n) is 13.7. The lowest BCUT2D eigenvalue weighted by Gasteiger charge is -2.17. The molecule has 2 N–H and O–H groups in total. The number of aliphatic imine (C=N–C) groups is 1. The first-order valence-corrected chi connectivity index (χ1v) is 8.51. The van der Waals surface area contributed by atoms with Crippen molar-refractivity contribution in [2.45, 2.75) is 31.7 Å². The summed E-state index contributed by atoms with van der Waals surface area (Å²) in [5.74, 6) is 1.22. The van der Waals surface area contributed by atoms with Gasteiger partial charge in [-0.1, -0.05) is 60.7 Å². The highest BCUT2D eigenvalue weighted by molar-refractivity contribution is 5.80. The average molecular weight is 307 g/mol. The summed E-state index contributed by atoms with van der Waals surface area (Å²) in [6.45, 7) is 3.74. The average Bonchev–Trinajstić information content (AvgIpc) is 3.41. The molecule has 0 radical (unpaired) electrons. The Hall–Kier alpha value is -2.29. The second-order valence-electron chi connectivity index (χ2n) is 6.01. The van der Waals surface area contributed by atoms with E-state index in [4.69, 9.17) is 4.99 Å². The van der Waals surface area contributed by atoms with Crippen LogP contribution in [0.15, 0.2) is 65.7 Å². The zero-order chi connectivity index (χ0) is 15.9. The van der Waals surface area contributed by atoms with Crippen molar-refractivity contribution in [3.05, 3.63) is 71.8 Å². The summed E-state index contributed by atoms with van der Waals surface area (Å²) in [6.07, 6.45) is 2.51. The smallest absolute Gasteiger partial charge is 0.191 e. The standard InChI is InChI=1S/C20H25N3/c1-2-21-20(23-18-13-14-18)22-15-19(16-9-5-3-6-10-16)17-11-7-4-8-12-17/h3-12,18-19H,2,13-15H2,1H3,(H2,21,22,23). The van der Waals surface area contributed by atoms with E-state index >= 15 is 0 Å². The maximum Gasteiger partial charge on any atom is 0.191 e. The SMILES string of the molecule is CCNC(=NCC(c1ccccc1)c1ccccc1)NC1CC1. The van der Waals surface area contributed by atoms with Gasteiger partial charge in [-0.3, -0.25) is 4.99 Å². The first-order chi connectivity index (χ1) is 11.4. The van der Waals surface area contributed by atoms with Crippen molar-refractivity contribution in [1.29, 1.82) is 0 Å². The molecule has 1 saturated carbocycles. The molecule has 3 rings (SSSR count). The van der Waals surface area contributed by atoms with Crippen LogP contribution in [0.2, 0.25) is 0 Å². The predicted octanol–water partition coefficient (Wildman–Crippen LogP) is 3.54. The summed E-state index contributed by atoms with van der Waals surface area (Å²) in [7, 11) is 0. The molecule has 2 aromatic rings. The van der Waals surface area contributed by atoms with Crippen LogP contribution in [0.1, 0.15) is 36.8 Å². The number of benzene rings is 2. The van der Waals surface area contributed by atoms with E-state index in [1.807, 2.05) is 0 Å². The van der Waals surface area contributed by atoms with E-state index in [1.54, 1.807) is 0 Å². The Balaban J connectivity index is 1.80. The Labute approximate surface area is 138 Å². The maximum atomic E-state index is 4.84. The molecule has 0 heterocycles. The Morgan fingerprint density at radius 2 is 1.57 bits per heavy atom. The lowest BCUT2D eigenvalue weighted by atomic mass is 9.91. The van der Waals surface area contributed by atoms with Crippen LogP contribution < -0.4 is 10.6 Å². The van der Waals surface area contributed by atoms with Gasteiger partial charge in [-0.05, 0) is 30.9 Å². The molecule has 120 valence electrons. The summed E-state index contributed by atoms with van der Waals surface area (Å²) in [5, 5.41) is 6.84. The molecule has 3 heteroatoms. The van der Waals surface area contributed by atoms with Gasteiger partial charge in [-0.15, -0.1) is 0 Å². The molecule has 1 aliphatic rings. The van der Waals surface area contributed by atoms with E-state index in [1.165, 1.54) is 24.0 Å². The third-order valence-corrected chi connectivity index (χ3v) is 4.10. The Bertz CT molecular complexity index is 578. The molecular weight excluding hydrogens is 282 g/mol. The number of hydrogen-bond donors (Lipinski definition) is 2. The summed E-state index contributed by atoms with van der Waals surface area (Å²) >= 11 is 0. The van der Waals surface area contributed by atoms with Crippen molar-refractivity contribution < 1.29 is 0 Å². The molecule has 0 aliphatic heterocycles. The van der Waals surface area contributed by atoms with Crippen molar-refractivity contribution in [2.75, 3.05) is 13.1 Å². The van der Waals surface area contributed by atoms with E-state index in [-0.39, 0.29) is 5.92 Å². The first kappa shape index (κ1) is 15.6. The van der Waals surface area contributed by atoms with Crippen molar-refractivity contribution in [3.63, 3.8) is 0 Å². The fraction of sp³-hybridized carbons (Fsp3) is 0.350. The molecule has 1 aliphatic carbocycles. The van der Waals surface area contributed by atoms with Crippen LogP contribution in [0.3, 0.4) is 0 Å². The molecule has 0 unspecified atom stereocenters. The molecule has 0 aromatic heterocycles. The van der Waals surface area contributed by atoms with E-state index < -0.39 is 0 Å². The van der Waals surface area contributed by atoms with Crippen LogP contribution in [0.4, 0.5) is 0 Å². The predicted molar refractivity (Wildman–Crippen MR) is 96.9 cm³/mol. The number of nitrogens with zero attached hydrogens (tertiary/aromatic N) is 1. The van der Waals surface area contributed by atoms with Gasteiger partial charge in [0, 0.05) is 18.5 Å². The normalized spacial score (nSPS) is 14.8. The minimum Gasteiger partial charge on any atom is -0.357 e. The van der Waals surface area contributed by atoms with Crippen molar-refractivity contribution in [1.82, 2.24) is 10.6 Å². The highest BCUT2D eigenvalue weighted by Crippen LogP contribution is 2.25. The molecule has 0 amide bonds.